The Labute approximate surface area is 100 Å². The molecule has 16 heavy (non-hydrogen) atoms. The second-order valence-electron chi connectivity index (χ2n) is 5.12. The summed E-state index contributed by atoms with van der Waals surface area (Å²) >= 11 is 0. The average Bonchev–Trinajstić information content (AvgIpc) is 2.21. The SMILES string of the molecule is CCN(CC1CCC1)C(CN)C(C)COC. The molecule has 96 valence electrons. The molecule has 3 heteroatoms. The van der Waals surface area contributed by atoms with Gasteiger partial charge in [0, 0.05) is 26.2 Å². The molecule has 3 nitrogen and oxygen atoms in total. The second kappa shape index (κ2) is 7.25. The highest BCUT2D eigenvalue weighted by Crippen LogP contribution is 2.28. The zero-order valence-electron chi connectivity index (χ0n) is 11.1. The van der Waals surface area contributed by atoms with E-state index in [9.17, 15) is 0 Å². The van der Waals surface area contributed by atoms with Crippen LogP contribution in [0.1, 0.15) is 33.1 Å². The fourth-order valence-electron chi connectivity index (χ4n) is 2.62. The molecular formula is C13H28N2O. The first-order valence-electron chi connectivity index (χ1n) is 6.65. The molecule has 1 fully saturated rings. The smallest absolute Gasteiger partial charge is 0.0503 e. The molecule has 0 spiro atoms. The Morgan fingerprint density at radius 1 is 1.44 bits per heavy atom. The maximum absolute atomic E-state index is 5.92. The van der Waals surface area contributed by atoms with Crippen LogP contribution in [0.5, 0.6) is 0 Å². The number of methoxy groups -OCH3 is 1. The van der Waals surface area contributed by atoms with Gasteiger partial charge in [-0.25, -0.2) is 0 Å². The van der Waals surface area contributed by atoms with Crippen LogP contribution in [0.2, 0.25) is 0 Å². The lowest BCUT2D eigenvalue weighted by atomic mass is 9.84. The Morgan fingerprint density at radius 3 is 2.50 bits per heavy atom. The van der Waals surface area contributed by atoms with E-state index in [4.69, 9.17) is 10.5 Å². The van der Waals surface area contributed by atoms with E-state index in [0.717, 1.165) is 25.6 Å². The van der Waals surface area contributed by atoms with E-state index in [1.807, 2.05) is 0 Å². The van der Waals surface area contributed by atoms with Crippen LogP contribution in [0.4, 0.5) is 0 Å². The lowest BCUT2D eigenvalue weighted by Crippen LogP contribution is -2.48. The molecule has 1 rings (SSSR count). The van der Waals surface area contributed by atoms with E-state index in [2.05, 4.69) is 18.7 Å². The summed E-state index contributed by atoms with van der Waals surface area (Å²) in [6.45, 7) is 8.36. The number of nitrogens with zero attached hydrogens (tertiary/aromatic N) is 1. The minimum absolute atomic E-state index is 0.477. The first-order valence-corrected chi connectivity index (χ1v) is 6.65. The summed E-state index contributed by atoms with van der Waals surface area (Å²) in [5, 5.41) is 0. The summed E-state index contributed by atoms with van der Waals surface area (Å²) in [6.07, 6.45) is 4.24. The zero-order chi connectivity index (χ0) is 12.0. The van der Waals surface area contributed by atoms with Gasteiger partial charge in [0.1, 0.15) is 0 Å². The van der Waals surface area contributed by atoms with Gasteiger partial charge >= 0.3 is 0 Å². The van der Waals surface area contributed by atoms with Gasteiger partial charge in [0.15, 0.2) is 0 Å². The third-order valence-corrected chi connectivity index (χ3v) is 3.92. The van der Waals surface area contributed by atoms with Crippen LogP contribution in [-0.4, -0.2) is 44.3 Å². The minimum Gasteiger partial charge on any atom is -0.384 e. The van der Waals surface area contributed by atoms with Gasteiger partial charge in [0.2, 0.25) is 0 Å². The Hall–Kier alpha value is -0.120. The fourth-order valence-corrected chi connectivity index (χ4v) is 2.62. The molecule has 0 saturated heterocycles. The van der Waals surface area contributed by atoms with E-state index >= 15 is 0 Å². The molecular weight excluding hydrogens is 200 g/mol. The quantitative estimate of drug-likeness (QED) is 0.687. The molecule has 2 N–H and O–H groups in total. The molecule has 0 aliphatic heterocycles. The summed E-state index contributed by atoms with van der Waals surface area (Å²) in [7, 11) is 1.77. The van der Waals surface area contributed by atoms with E-state index < -0.39 is 0 Å². The van der Waals surface area contributed by atoms with Gasteiger partial charge in [0.25, 0.3) is 0 Å². The molecule has 1 aliphatic carbocycles. The number of nitrogens with two attached hydrogens (primary N) is 1. The van der Waals surface area contributed by atoms with Crippen LogP contribution in [0.15, 0.2) is 0 Å². The largest absolute Gasteiger partial charge is 0.384 e. The van der Waals surface area contributed by atoms with Crippen molar-refractivity contribution < 1.29 is 4.74 Å². The predicted octanol–water partition coefficient (Wildman–Crippen LogP) is 1.72. The Morgan fingerprint density at radius 2 is 2.12 bits per heavy atom. The number of ether oxygens (including phenoxy) is 1. The first kappa shape index (κ1) is 13.9. The number of hydrogen-bond acceptors (Lipinski definition) is 3. The summed E-state index contributed by atoms with van der Waals surface area (Å²) in [5.74, 6) is 1.44. The van der Waals surface area contributed by atoms with Gasteiger partial charge in [-0.1, -0.05) is 20.3 Å². The van der Waals surface area contributed by atoms with E-state index in [-0.39, 0.29) is 0 Å². The standard InChI is InChI=1S/C13H28N2O/c1-4-15(9-12-6-5-7-12)13(8-14)11(2)10-16-3/h11-13H,4-10,14H2,1-3H3. The van der Waals surface area contributed by atoms with Crippen molar-refractivity contribution in [2.75, 3.05) is 33.4 Å². The maximum Gasteiger partial charge on any atom is 0.0503 e. The summed E-state index contributed by atoms with van der Waals surface area (Å²) in [4.78, 5) is 2.55. The Balaban J connectivity index is 2.44. The van der Waals surface area contributed by atoms with E-state index in [0.29, 0.717) is 12.0 Å². The minimum atomic E-state index is 0.477. The highest BCUT2D eigenvalue weighted by Gasteiger charge is 2.26. The molecule has 2 unspecified atom stereocenters. The van der Waals surface area contributed by atoms with Crippen molar-refractivity contribution in [3.8, 4) is 0 Å². The van der Waals surface area contributed by atoms with Gasteiger partial charge < -0.3 is 10.5 Å². The second-order valence-corrected chi connectivity index (χ2v) is 5.12. The highest BCUT2D eigenvalue weighted by atomic mass is 16.5. The number of rotatable bonds is 8. The fraction of sp³-hybridized carbons (Fsp3) is 1.00. The normalized spacial score (nSPS) is 20.8. The van der Waals surface area contributed by atoms with Gasteiger partial charge in [-0.3, -0.25) is 4.90 Å². The topological polar surface area (TPSA) is 38.5 Å². The van der Waals surface area contributed by atoms with Crippen molar-refractivity contribution in [3.63, 3.8) is 0 Å². The molecule has 1 saturated carbocycles. The molecule has 2 atom stereocenters. The zero-order valence-corrected chi connectivity index (χ0v) is 11.1. The van der Waals surface area contributed by atoms with Crippen molar-refractivity contribution in [3.05, 3.63) is 0 Å². The molecule has 0 heterocycles. The summed E-state index contributed by atoms with van der Waals surface area (Å²) < 4.78 is 5.24. The maximum atomic E-state index is 5.92. The van der Waals surface area contributed by atoms with Crippen molar-refractivity contribution in [2.24, 2.45) is 17.6 Å². The van der Waals surface area contributed by atoms with Gasteiger partial charge in [0.05, 0.1) is 6.61 Å². The van der Waals surface area contributed by atoms with Crippen molar-refractivity contribution in [2.45, 2.75) is 39.2 Å². The van der Waals surface area contributed by atoms with Crippen LogP contribution >= 0.6 is 0 Å². The molecule has 0 bridgehead atoms. The first-order chi connectivity index (χ1) is 7.72. The van der Waals surface area contributed by atoms with Crippen LogP contribution in [-0.2, 0) is 4.74 Å². The monoisotopic (exact) mass is 228 g/mol. The number of likely N-dealkylation sites (N-methyl/N-ethyl adjacent to an activating group) is 1. The van der Waals surface area contributed by atoms with E-state index in [1.54, 1.807) is 7.11 Å². The highest BCUT2D eigenvalue weighted by molar-refractivity contribution is 4.81. The van der Waals surface area contributed by atoms with E-state index in [1.165, 1.54) is 25.8 Å². The van der Waals surface area contributed by atoms with Crippen molar-refractivity contribution in [1.82, 2.24) is 4.90 Å². The molecule has 0 amide bonds. The third kappa shape index (κ3) is 3.72. The average molecular weight is 228 g/mol. The van der Waals surface area contributed by atoms with Crippen LogP contribution in [0, 0.1) is 11.8 Å². The molecule has 0 aromatic carbocycles. The van der Waals surface area contributed by atoms with Crippen LogP contribution in [0.25, 0.3) is 0 Å². The summed E-state index contributed by atoms with van der Waals surface area (Å²) in [5.41, 5.74) is 5.92. The lowest BCUT2D eigenvalue weighted by molar-refractivity contribution is 0.0680. The Bertz CT molecular complexity index is 183. The van der Waals surface area contributed by atoms with Crippen molar-refractivity contribution in [1.29, 1.82) is 0 Å². The summed E-state index contributed by atoms with van der Waals surface area (Å²) in [6, 6.07) is 0.477. The predicted molar refractivity (Wildman–Crippen MR) is 68.5 cm³/mol. The van der Waals surface area contributed by atoms with Crippen LogP contribution < -0.4 is 5.73 Å². The van der Waals surface area contributed by atoms with Gasteiger partial charge in [-0.05, 0) is 31.2 Å². The molecule has 0 aromatic rings. The van der Waals surface area contributed by atoms with Crippen molar-refractivity contribution >= 4 is 0 Å². The molecule has 0 aromatic heterocycles. The lowest BCUT2D eigenvalue weighted by Gasteiger charge is -2.38. The van der Waals surface area contributed by atoms with Gasteiger partial charge in [-0.2, -0.15) is 0 Å². The Kier molecular flexibility index (Phi) is 6.32. The molecule has 0 radical (unpaired) electrons. The number of hydrogen-bond donors (Lipinski definition) is 1. The van der Waals surface area contributed by atoms with Crippen LogP contribution in [0.3, 0.4) is 0 Å². The third-order valence-electron chi connectivity index (χ3n) is 3.92. The molecule has 1 aliphatic rings. The van der Waals surface area contributed by atoms with Gasteiger partial charge in [-0.15, -0.1) is 0 Å².